The maximum Gasteiger partial charge on any atom is 0.140 e. The van der Waals surface area contributed by atoms with Gasteiger partial charge < -0.3 is 0 Å². The van der Waals surface area contributed by atoms with Crippen LogP contribution in [0, 0.1) is 17.8 Å². The molecular weight excluding hydrogens is 172 g/mol. The zero-order valence-electron chi connectivity index (χ0n) is 8.88. The number of ketones is 1. The van der Waals surface area contributed by atoms with Crippen molar-refractivity contribution in [3.63, 3.8) is 0 Å². The maximum atomic E-state index is 11.8. The second kappa shape index (κ2) is 2.95. The van der Waals surface area contributed by atoms with Gasteiger partial charge in [0.15, 0.2) is 0 Å². The smallest absolute Gasteiger partial charge is 0.140 e. The molecule has 1 heteroatoms. The Morgan fingerprint density at radius 1 is 1.07 bits per heavy atom. The number of hydrogen-bond donors (Lipinski definition) is 0. The molecule has 2 bridgehead atoms. The number of rotatable bonds is 0. The van der Waals surface area contributed by atoms with E-state index in [2.05, 4.69) is 6.92 Å². The quantitative estimate of drug-likeness (QED) is 0.536. The highest BCUT2D eigenvalue weighted by atomic mass is 16.1. The van der Waals surface area contributed by atoms with Crippen molar-refractivity contribution in [1.82, 2.24) is 0 Å². The van der Waals surface area contributed by atoms with Crippen LogP contribution in [0.4, 0.5) is 0 Å². The summed E-state index contributed by atoms with van der Waals surface area (Å²) in [7, 11) is 0. The van der Waals surface area contributed by atoms with Gasteiger partial charge >= 0.3 is 0 Å². The molecule has 1 nitrogen and oxygen atoms in total. The third-order valence-corrected chi connectivity index (χ3v) is 4.44. The van der Waals surface area contributed by atoms with Gasteiger partial charge in [-0.25, -0.2) is 0 Å². The van der Waals surface area contributed by atoms with Crippen molar-refractivity contribution in [3.8, 4) is 0 Å². The molecule has 0 aliphatic heterocycles. The Balaban J connectivity index is 2.01. The van der Waals surface area contributed by atoms with E-state index in [1.165, 1.54) is 25.7 Å². The number of hydrogen-bond acceptors (Lipinski definition) is 1. The fraction of sp³-hybridized carbons (Fsp3) is 0.769. The fourth-order valence-electron chi connectivity index (χ4n) is 3.68. The SMILES string of the molecule is CC1CCC2=C(C1)[C@@H]1CC[C@H]2C(=O)C1. The molecule has 14 heavy (non-hydrogen) atoms. The van der Waals surface area contributed by atoms with Crippen LogP contribution in [0.3, 0.4) is 0 Å². The predicted molar refractivity (Wildman–Crippen MR) is 55.9 cm³/mol. The Kier molecular flexibility index (Phi) is 1.83. The Morgan fingerprint density at radius 2 is 1.93 bits per heavy atom. The van der Waals surface area contributed by atoms with Crippen LogP contribution >= 0.6 is 0 Å². The summed E-state index contributed by atoms with van der Waals surface area (Å²) in [5.74, 6) is 2.44. The summed E-state index contributed by atoms with van der Waals surface area (Å²) < 4.78 is 0. The van der Waals surface area contributed by atoms with Crippen LogP contribution in [0.1, 0.15) is 45.4 Å². The molecule has 0 saturated heterocycles. The van der Waals surface area contributed by atoms with Crippen molar-refractivity contribution in [2.75, 3.05) is 0 Å². The van der Waals surface area contributed by atoms with Crippen molar-refractivity contribution in [1.29, 1.82) is 0 Å². The lowest BCUT2D eigenvalue weighted by Crippen LogP contribution is -2.36. The second-order valence-electron chi connectivity index (χ2n) is 5.40. The van der Waals surface area contributed by atoms with Crippen LogP contribution in [-0.2, 0) is 4.79 Å². The van der Waals surface area contributed by atoms with Crippen molar-refractivity contribution in [2.24, 2.45) is 17.8 Å². The summed E-state index contributed by atoms with van der Waals surface area (Å²) in [6.45, 7) is 2.36. The van der Waals surface area contributed by atoms with Gasteiger partial charge in [-0.15, -0.1) is 0 Å². The van der Waals surface area contributed by atoms with E-state index in [1.54, 1.807) is 11.1 Å². The molecule has 4 aliphatic rings. The standard InChI is InChI=1S/C13H18O/c1-8-2-4-10-11-5-3-9(7-13(11)14)12(10)6-8/h8-9,11H,2-7H2,1H3/t8?,9-,11-/m1/s1. The van der Waals surface area contributed by atoms with E-state index >= 15 is 0 Å². The molecule has 4 rings (SSSR count). The number of fused-ring (bicyclic) bond motifs is 2. The number of carbonyl (C=O) groups excluding carboxylic acids is 1. The largest absolute Gasteiger partial charge is 0.299 e. The Labute approximate surface area is 85.6 Å². The first kappa shape index (κ1) is 8.70. The Morgan fingerprint density at radius 3 is 2.71 bits per heavy atom. The molecule has 0 N–H and O–H groups in total. The van der Waals surface area contributed by atoms with Gasteiger partial charge in [0, 0.05) is 12.3 Å². The highest BCUT2D eigenvalue weighted by molar-refractivity contribution is 5.87. The molecule has 1 saturated carbocycles. The number of allylic oxidation sites excluding steroid dienone is 2. The molecule has 0 aromatic heterocycles. The van der Waals surface area contributed by atoms with E-state index in [0.717, 1.165) is 18.8 Å². The van der Waals surface area contributed by atoms with E-state index in [9.17, 15) is 4.79 Å². The second-order valence-corrected chi connectivity index (χ2v) is 5.40. The maximum absolute atomic E-state index is 11.8. The van der Waals surface area contributed by atoms with Gasteiger partial charge in [0.1, 0.15) is 5.78 Å². The Bertz CT molecular complexity index is 313. The van der Waals surface area contributed by atoms with E-state index in [0.29, 0.717) is 17.6 Å². The van der Waals surface area contributed by atoms with E-state index in [4.69, 9.17) is 0 Å². The molecule has 0 aromatic rings. The van der Waals surface area contributed by atoms with Crippen LogP contribution in [0.5, 0.6) is 0 Å². The van der Waals surface area contributed by atoms with E-state index < -0.39 is 0 Å². The lowest BCUT2D eigenvalue weighted by atomic mass is 9.61. The highest BCUT2D eigenvalue weighted by Gasteiger charge is 2.41. The lowest BCUT2D eigenvalue weighted by molar-refractivity contribution is -0.125. The van der Waals surface area contributed by atoms with E-state index in [1.807, 2.05) is 0 Å². The topological polar surface area (TPSA) is 17.1 Å². The molecular formula is C13H18O. The number of Topliss-reactive ketones (excluding diaryl/α,β-unsaturated/α-hetero) is 1. The molecule has 1 unspecified atom stereocenters. The molecule has 4 aliphatic carbocycles. The first-order valence-electron chi connectivity index (χ1n) is 6.00. The normalized spacial score (nSPS) is 41.5. The summed E-state index contributed by atoms with van der Waals surface area (Å²) in [5, 5.41) is 0. The highest BCUT2D eigenvalue weighted by Crippen LogP contribution is 2.49. The van der Waals surface area contributed by atoms with Gasteiger partial charge in [0.2, 0.25) is 0 Å². The van der Waals surface area contributed by atoms with E-state index in [-0.39, 0.29) is 0 Å². The predicted octanol–water partition coefficient (Wildman–Crippen LogP) is 3.10. The molecule has 1 fully saturated rings. The van der Waals surface area contributed by atoms with Crippen LogP contribution < -0.4 is 0 Å². The van der Waals surface area contributed by atoms with Gasteiger partial charge in [-0.3, -0.25) is 4.79 Å². The summed E-state index contributed by atoms with van der Waals surface area (Å²) in [6, 6.07) is 0. The molecule has 3 atom stereocenters. The molecule has 0 spiro atoms. The minimum absolute atomic E-state index is 0.363. The third-order valence-electron chi connectivity index (χ3n) is 4.44. The van der Waals surface area contributed by atoms with Crippen molar-refractivity contribution in [2.45, 2.75) is 45.4 Å². The molecule has 0 aromatic carbocycles. The fourth-order valence-corrected chi connectivity index (χ4v) is 3.68. The zero-order chi connectivity index (χ0) is 9.71. The zero-order valence-corrected chi connectivity index (χ0v) is 8.88. The van der Waals surface area contributed by atoms with Crippen LogP contribution in [-0.4, -0.2) is 5.78 Å². The first-order valence-corrected chi connectivity index (χ1v) is 6.00. The minimum Gasteiger partial charge on any atom is -0.299 e. The van der Waals surface area contributed by atoms with Gasteiger partial charge in [-0.05, 0) is 43.9 Å². The lowest BCUT2D eigenvalue weighted by Gasteiger charge is -2.43. The summed E-state index contributed by atoms with van der Waals surface area (Å²) in [6.07, 6.45) is 7.16. The summed E-state index contributed by atoms with van der Waals surface area (Å²) in [5.41, 5.74) is 3.29. The van der Waals surface area contributed by atoms with Gasteiger partial charge in [0.25, 0.3) is 0 Å². The third kappa shape index (κ3) is 1.11. The molecule has 76 valence electrons. The van der Waals surface area contributed by atoms with Crippen molar-refractivity contribution >= 4 is 5.78 Å². The summed E-state index contributed by atoms with van der Waals surface area (Å²) >= 11 is 0. The average molecular weight is 190 g/mol. The van der Waals surface area contributed by atoms with Crippen LogP contribution in [0.2, 0.25) is 0 Å². The monoisotopic (exact) mass is 190 g/mol. The average Bonchev–Trinajstić information content (AvgIpc) is 2.18. The molecule has 0 amide bonds. The summed E-state index contributed by atoms with van der Waals surface area (Å²) in [4.78, 5) is 11.8. The Hall–Kier alpha value is -0.590. The first-order chi connectivity index (χ1) is 6.75. The van der Waals surface area contributed by atoms with Crippen LogP contribution in [0.15, 0.2) is 11.1 Å². The van der Waals surface area contributed by atoms with Gasteiger partial charge in [-0.2, -0.15) is 0 Å². The molecule has 0 heterocycles. The van der Waals surface area contributed by atoms with Crippen molar-refractivity contribution < 1.29 is 4.79 Å². The van der Waals surface area contributed by atoms with Gasteiger partial charge in [-0.1, -0.05) is 18.1 Å². The van der Waals surface area contributed by atoms with Gasteiger partial charge in [0.05, 0.1) is 0 Å². The van der Waals surface area contributed by atoms with Crippen LogP contribution in [0.25, 0.3) is 0 Å². The molecule has 0 radical (unpaired) electrons. The number of carbonyl (C=O) groups is 1. The minimum atomic E-state index is 0.363. The van der Waals surface area contributed by atoms with Crippen molar-refractivity contribution in [3.05, 3.63) is 11.1 Å².